The van der Waals surface area contributed by atoms with Crippen molar-refractivity contribution >= 4 is 17.9 Å². The molecule has 0 amide bonds. The van der Waals surface area contributed by atoms with Crippen molar-refractivity contribution in [2.75, 3.05) is 13.2 Å². The van der Waals surface area contributed by atoms with E-state index in [1.807, 2.05) is 0 Å². The fourth-order valence-electron chi connectivity index (χ4n) is 9.44. The van der Waals surface area contributed by atoms with Crippen LogP contribution in [0.5, 0.6) is 0 Å². The third kappa shape index (κ3) is 66.5. The highest BCUT2D eigenvalue weighted by atomic mass is 16.6. The molecule has 0 radical (unpaired) electrons. The third-order valence-electron chi connectivity index (χ3n) is 14.5. The molecule has 0 saturated heterocycles. The molecule has 0 N–H and O–H groups in total. The van der Waals surface area contributed by atoms with E-state index in [1.54, 1.807) is 0 Å². The van der Waals surface area contributed by atoms with E-state index in [-0.39, 0.29) is 31.1 Å². The molecule has 462 valence electrons. The molecule has 6 nitrogen and oxygen atoms in total. The van der Waals surface area contributed by atoms with Crippen LogP contribution in [0.15, 0.2) is 122 Å². The summed E-state index contributed by atoms with van der Waals surface area (Å²) in [5.74, 6) is -0.907. The summed E-state index contributed by atoms with van der Waals surface area (Å²) in [6.45, 7) is 6.41. The number of unbranched alkanes of at least 4 members (excludes halogenated alkanes) is 30. The zero-order chi connectivity index (χ0) is 58.5. The van der Waals surface area contributed by atoms with Crippen LogP contribution in [-0.4, -0.2) is 37.2 Å². The number of carbonyl (C=O) groups is 3. The van der Waals surface area contributed by atoms with Crippen LogP contribution in [0.3, 0.4) is 0 Å². The molecule has 0 aliphatic rings. The Bertz CT molecular complexity index is 1670. The molecule has 0 aliphatic heterocycles. The molecule has 6 heteroatoms. The SMILES string of the molecule is CC/C=C\C/C=C\C/C=C\C/C=C\C/C=C\C/C=C\C/C=C\CCCCCCCCCCCCCCCC(=O)OCC(COC(=O)CCCCC/C=C\C/C=C\C/C=C\CC)OC(=O)CCCCCCCCCCCCCCCCC. The number of hydrogen-bond donors (Lipinski definition) is 0. The summed E-state index contributed by atoms with van der Waals surface area (Å²) in [6.07, 6.45) is 95.1. The topological polar surface area (TPSA) is 78.9 Å². The number of hydrogen-bond acceptors (Lipinski definition) is 6. The summed E-state index contributed by atoms with van der Waals surface area (Å²) >= 11 is 0. The van der Waals surface area contributed by atoms with Crippen LogP contribution in [0.4, 0.5) is 0 Å². The Kier molecular flexibility index (Phi) is 64.8. The van der Waals surface area contributed by atoms with E-state index in [0.29, 0.717) is 19.3 Å². The van der Waals surface area contributed by atoms with Crippen molar-refractivity contribution < 1.29 is 28.6 Å². The van der Waals surface area contributed by atoms with Crippen LogP contribution < -0.4 is 0 Å². The van der Waals surface area contributed by atoms with E-state index in [1.165, 1.54) is 148 Å². The van der Waals surface area contributed by atoms with Crippen LogP contribution in [0.25, 0.3) is 0 Å². The van der Waals surface area contributed by atoms with Gasteiger partial charge in [0.25, 0.3) is 0 Å². The van der Waals surface area contributed by atoms with Crippen molar-refractivity contribution in [1.29, 1.82) is 0 Å². The standard InChI is InChI=1S/C75H126O6/c1-4-7-10-13-16-19-22-25-27-28-29-30-31-32-33-34-35-36-37-38-39-40-41-42-43-44-45-46-48-50-53-56-59-62-65-68-74(77)80-71-72(70-79-73(76)67-64-61-58-55-52-49-24-21-18-15-12-9-6-3)81-75(78)69-66-63-60-57-54-51-47-26-23-20-17-14-11-8-5-2/h7,9-10,12,16,18-19,21,25,27,29-30,32-33,35-36,38-39,49,52,72H,4-6,8,11,13-15,17,20,22-24,26,28,31,34,37,40-48,50-51,53-71H2,1-3H3/b10-7-,12-9-,19-16-,21-18-,27-25-,30-29-,33-32-,36-35-,39-38-,52-49-. The summed E-state index contributed by atoms with van der Waals surface area (Å²) in [6, 6.07) is 0. The van der Waals surface area contributed by atoms with Gasteiger partial charge in [0, 0.05) is 19.3 Å². The first-order chi connectivity index (χ1) is 40.0. The van der Waals surface area contributed by atoms with Crippen LogP contribution >= 0.6 is 0 Å². The van der Waals surface area contributed by atoms with Crippen LogP contribution in [0.2, 0.25) is 0 Å². The summed E-state index contributed by atoms with van der Waals surface area (Å²) < 4.78 is 16.9. The van der Waals surface area contributed by atoms with E-state index in [4.69, 9.17) is 14.2 Å². The molecule has 0 heterocycles. The van der Waals surface area contributed by atoms with Gasteiger partial charge in [-0.1, -0.05) is 309 Å². The monoisotopic (exact) mass is 1120 g/mol. The first-order valence-corrected chi connectivity index (χ1v) is 34.0. The van der Waals surface area contributed by atoms with Crippen molar-refractivity contribution in [3.05, 3.63) is 122 Å². The summed E-state index contributed by atoms with van der Waals surface area (Å²) in [7, 11) is 0. The van der Waals surface area contributed by atoms with Gasteiger partial charge in [-0.25, -0.2) is 0 Å². The lowest BCUT2D eigenvalue weighted by Crippen LogP contribution is -2.30. The van der Waals surface area contributed by atoms with Crippen molar-refractivity contribution in [2.24, 2.45) is 0 Å². The van der Waals surface area contributed by atoms with Crippen molar-refractivity contribution in [2.45, 2.75) is 322 Å². The Balaban J connectivity index is 4.18. The van der Waals surface area contributed by atoms with Crippen LogP contribution in [-0.2, 0) is 28.6 Å². The Morgan fingerprint density at radius 1 is 0.259 bits per heavy atom. The summed E-state index contributed by atoms with van der Waals surface area (Å²) in [5, 5.41) is 0. The van der Waals surface area contributed by atoms with E-state index in [9.17, 15) is 14.4 Å². The zero-order valence-electron chi connectivity index (χ0n) is 53.0. The minimum Gasteiger partial charge on any atom is -0.462 e. The smallest absolute Gasteiger partial charge is 0.306 e. The maximum absolute atomic E-state index is 12.9. The lowest BCUT2D eigenvalue weighted by atomic mass is 10.0. The number of ether oxygens (including phenoxy) is 3. The second-order valence-corrected chi connectivity index (χ2v) is 22.3. The minimum atomic E-state index is -0.790. The van der Waals surface area contributed by atoms with Gasteiger partial charge in [0.15, 0.2) is 6.10 Å². The second-order valence-electron chi connectivity index (χ2n) is 22.3. The normalized spacial score (nSPS) is 12.9. The van der Waals surface area contributed by atoms with Gasteiger partial charge >= 0.3 is 17.9 Å². The molecule has 0 rings (SSSR count). The van der Waals surface area contributed by atoms with Crippen molar-refractivity contribution in [1.82, 2.24) is 0 Å². The number of esters is 3. The van der Waals surface area contributed by atoms with Gasteiger partial charge in [-0.15, -0.1) is 0 Å². The number of rotatable bonds is 61. The van der Waals surface area contributed by atoms with Gasteiger partial charge in [0.05, 0.1) is 0 Å². The lowest BCUT2D eigenvalue weighted by Gasteiger charge is -2.18. The average molecular weight is 1120 g/mol. The molecule has 0 aromatic carbocycles. The second kappa shape index (κ2) is 68.3. The minimum absolute atomic E-state index is 0.0860. The largest absolute Gasteiger partial charge is 0.462 e. The van der Waals surface area contributed by atoms with E-state index in [2.05, 4.69) is 142 Å². The Morgan fingerprint density at radius 2 is 0.481 bits per heavy atom. The highest BCUT2D eigenvalue weighted by Gasteiger charge is 2.19. The fourth-order valence-corrected chi connectivity index (χ4v) is 9.44. The summed E-state index contributed by atoms with van der Waals surface area (Å²) in [4.78, 5) is 38.3. The van der Waals surface area contributed by atoms with Crippen molar-refractivity contribution in [3.8, 4) is 0 Å². The number of carbonyl (C=O) groups excluding carboxylic acids is 3. The maximum atomic E-state index is 12.9. The molecule has 0 fully saturated rings. The molecule has 1 unspecified atom stereocenters. The first-order valence-electron chi connectivity index (χ1n) is 34.0. The molecule has 1 atom stereocenters. The molecule has 0 aromatic heterocycles. The van der Waals surface area contributed by atoms with Crippen molar-refractivity contribution in [3.63, 3.8) is 0 Å². The van der Waals surface area contributed by atoms with Gasteiger partial charge < -0.3 is 14.2 Å². The first kappa shape index (κ1) is 76.8. The predicted molar refractivity (Wildman–Crippen MR) is 353 cm³/mol. The highest BCUT2D eigenvalue weighted by Crippen LogP contribution is 2.17. The number of allylic oxidation sites excluding steroid dienone is 20. The molecular weight excluding hydrogens is 997 g/mol. The predicted octanol–water partition coefficient (Wildman–Crippen LogP) is 23.6. The van der Waals surface area contributed by atoms with Gasteiger partial charge in [0.2, 0.25) is 0 Å². The van der Waals surface area contributed by atoms with Gasteiger partial charge in [-0.3, -0.25) is 14.4 Å². The zero-order valence-corrected chi connectivity index (χ0v) is 53.0. The van der Waals surface area contributed by atoms with Gasteiger partial charge in [-0.05, 0) is 109 Å². The van der Waals surface area contributed by atoms with E-state index >= 15 is 0 Å². The quantitative estimate of drug-likeness (QED) is 0.0261. The van der Waals surface area contributed by atoms with E-state index < -0.39 is 6.10 Å². The molecule has 0 saturated carbocycles. The third-order valence-corrected chi connectivity index (χ3v) is 14.5. The molecule has 0 aromatic rings. The summed E-state index contributed by atoms with van der Waals surface area (Å²) in [5.41, 5.74) is 0. The van der Waals surface area contributed by atoms with E-state index in [0.717, 1.165) is 128 Å². The molecule has 0 bridgehead atoms. The van der Waals surface area contributed by atoms with Gasteiger partial charge in [0.1, 0.15) is 13.2 Å². The van der Waals surface area contributed by atoms with Crippen LogP contribution in [0.1, 0.15) is 316 Å². The maximum Gasteiger partial charge on any atom is 0.306 e. The molecule has 81 heavy (non-hydrogen) atoms. The van der Waals surface area contributed by atoms with Crippen LogP contribution in [0, 0.1) is 0 Å². The fraction of sp³-hybridized carbons (Fsp3) is 0.693. The molecule has 0 spiro atoms. The highest BCUT2D eigenvalue weighted by molar-refractivity contribution is 5.71. The van der Waals surface area contributed by atoms with Gasteiger partial charge in [-0.2, -0.15) is 0 Å². The molecule has 0 aliphatic carbocycles. The Morgan fingerprint density at radius 3 is 0.765 bits per heavy atom. The molecular formula is C75H126O6. The average Bonchev–Trinajstić information content (AvgIpc) is 3.46. The lowest BCUT2D eigenvalue weighted by molar-refractivity contribution is -0.167. The Labute approximate surface area is 501 Å². The Hall–Kier alpha value is -4.19.